The molecule has 0 aliphatic heterocycles. The van der Waals surface area contributed by atoms with Crippen molar-refractivity contribution in [2.45, 2.75) is 32.9 Å². The zero-order chi connectivity index (χ0) is 15.9. The van der Waals surface area contributed by atoms with Crippen LogP contribution in [0.25, 0.3) is 0 Å². The summed E-state index contributed by atoms with van der Waals surface area (Å²) in [5, 5.41) is 0. The zero-order valence-electron chi connectivity index (χ0n) is 13.8. The van der Waals surface area contributed by atoms with E-state index in [0.717, 1.165) is 12.1 Å². The highest BCUT2D eigenvalue weighted by Crippen LogP contribution is 2.09. The summed E-state index contributed by atoms with van der Waals surface area (Å²) in [5.74, 6) is 0.00984. The quantitative estimate of drug-likeness (QED) is 0.769. The minimum Gasteiger partial charge on any atom is -0.366 e. The highest BCUT2D eigenvalue weighted by Gasteiger charge is 2.18. The molecular formula is C16H27N3O2. The van der Waals surface area contributed by atoms with Crippen LogP contribution < -0.4 is 0 Å². The fourth-order valence-electron chi connectivity index (χ4n) is 1.69. The van der Waals surface area contributed by atoms with E-state index >= 15 is 0 Å². The lowest BCUT2D eigenvalue weighted by Gasteiger charge is -2.26. The highest BCUT2D eigenvalue weighted by molar-refractivity contribution is 5.77. The number of aromatic nitrogens is 1. The van der Waals surface area contributed by atoms with Crippen LogP contribution in [0.4, 0.5) is 0 Å². The summed E-state index contributed by atoms with van der Waals surface area (Å²) in [5.41, 5.74) is 0.720. The molecule has 1 aromatic rings. The molecule has 5 heteroatoms. The largest absolute Gasteiger partial charge is 0.366 e. The molecule has 0 fully saturated rings. The first kappa shape index (κ1) is 17.6. The van der Waals surface area contributed by atoms with E-state index in [1.807, 2.05) is 51.9 Å². The van der Waals surface area contributed by atoms with Crippen LogP contribution in [0.3, 0.4) is 0 Å². The first-order valence-electron chi connectivity index (χ1n) is 7.23. The lowest BCUT2D eigenvalue weighted by Crippen LogP contribution is -2.39. The van der Waals surface area contributed by atoms with Gasteiger partial charge in [-0.05, 0) is 46.5 Å². The molecule has 1 heterocycles. The third-order valence-electron chi connectivity index (χ3n) is 2.89. The standard InChI is InChI=1S/C16H27N3O2/c1-16(2,3)21-13-15(20)19(10-9-18(4)5)12-14-7-6-8-17-11-14/h6-8,11H,9-10,12-13H2,1-5H3. The van der Waals surface area contributed by atoms with Crippen molar-refractivity contribution in [2.75, 3.05) is 33.8 Å². The van der Waals surface area contributed by atoms with Crippen molar-refractivity contribution in [3.05, 3.63) is 30.1 Å². The van der Waals surface area contributed by atoms with Gasteiger partial charge in [-0.2, -0.15) is 0 Å². The summed E-state index contributed by atoms with van der Waals surface area (Å²) < 4.78 is 5.60. The minimum absolute atomic E-state index is 0.00984. The summed E-state index contributed by atoms with van der Waals surface area (Å²) >= 11 is 0. The third kappa shape index (κ3) is 7.78. The Morgan fingerprint density at radius 3 is 2.52 bits per heavy atom. The molecule has 1 aromatic heterocycles. The summed E-state index contributed by atoms with van der Waals surface area (Å²) in [4.78, 5) is 20.4. The van der Waals surface area contributed by atoms with Gasteiger partial charge in [-0.25, -0.2) is 0 Å². The molecule has 0 spiro atoms. The van der Waals surface area contributed by atoms with Crippen molar-refractivity contribution in [1.82, 2.24) is 14.8 Å². The van der Waals surface area contributed by atoms with Gasteiger partial charge in [0, 0.05) is 32.0 Å². The number of nitrogens with zero attached hydrogens (tertiary/aromatic N) is 3. The van der Waals surface area contributed by atoms with Crippen LogP contribution >= 0.6 is 0 Å². The van der Waals surface area contributed by atoms with Gasteiger partial charge in [0.15, 0.2) is 0 Å². The minimum atomic E-state index is -0.308. The molecule has 0 unspecified atom stereocenters. The molecule has 1 rings (SSSR count). The Balaban J connectivity index is 2.65. The molecule has 0 aliphatic carbocycles. The number of amides is 1. The maximum Gasteiger partial charge on any atom is 0.248 e. The van der Waals surface area contributed by atoms with Crippen molar-refractivity contribution in [3.8, 4) is 0 Å². The number of ether oxygens (including phenoxy) is 1. The summed E-state index contributed by atoms with van der Waals surface area (Å²) in [6.07, 6.45) is 3.53. The highest BCUT2D eigenvalue weighted by atomic mass is 16.5. The van der Waals surface area contributed by atoms with Gasteiger partial charge in [-0.1, -0.05) is 6.07 Å². The van der Waals surface area contributed by atoms with Crippen molar-refractivity contribution in [1.29, 1.82) is 0 Å². The first-order valence-corrected chi connectivity index (χ1v) is 7.23. The van der Waals surface area contributed by atoms with Gasteiger partial charge >= 0.3 is 0 Å². The summed E-state index contributed by atoms with van der Waals surface area (Å²) in [7, 11) is 4.00. The third-order valence-corrected chi connectivity index (χ3v) is 2.89. The number of carbonyl (C=O) groups excluding carboxylic acids is 1. The Labute approximate surface area is 127 Å². The fraction of sp³-hybridized carbons (Fsp3) is 0.625. The topological polar surface area (TPSA) is 45.7 Å². The Morgan fingerprint density at radius 1 is 1.29 bits per heavy atom. The number of hydrogen-bond acceptors (Lipinski definition) is 4. The van der Waals surface area contributed by atoms with E-state index < -0.39 is 0 Å². The van der Waals surface area contributed by atoms with Gasteiger partial charge in [-0.15, -0.1) is 0 Å². The van der Waals surface area contributed by atoms with Gasteiger partial charge in [0.2, 0.25) is 5.91 Å². The molecule has 0 atom stereocenters. The molecule has 0 bridgehead atoms. The number of carbonyl (C=O) groups is 1. The number of hydrogen-bond donors (Lipinski definition) is 0. The second kappa shape index (κ2) is 8.10. The van der Waals surface area contributed by atoms with Crippen molar-refractivity contribution < 1.29 is 9.53 Å². The van der Waals surface area contributed by atoms with E-state index in [2.05, 4.69) is 9.88 Å². The van der Waals surface area contributed by atoms with E-state index in [1.54, 1.807) is 12.4 Å². The van der Waals surface area contributed by atoms with Crippen LogP contribution in [0.15, 0.2) is 24.5 Å². The molecule has 0 aromatic carbocycles. The zero-order valence-corrected chi connectivity index (χ0v) is 13.8. The normalized spacial score (nSPS) is 11.7. The number of pyridine rings is 1. The fourth-order valence-corrected chi connectivity index (χ4v) is 1.69. The van der Waals surface area contributed by atoms with Gasteiger partial charge < -0.3 is 14.5 Å². The smallest absolute Gasteiger partial charge is 0.248 e. The van der Waals surface area contributed by atoms with E-state index in [-0.39, 0.29) is 18.1 Å². The van der Waals surface area contributed by atoms with Gasteiger partial charge in [0.05, 0.1) is 5.60 Å². The van der Waals surface area contributed by atoms with Crippen LogP contribution in [0.1, 0.15) is 26.3 Å². The molecule has 0 radical (unpaired) electrons. The molecule has 0 saturated carbocycles. The molecule has 1 amide bonds. The lowest BCUT2D eigenvalue weighted by atomic mass is 10.2. The van der Waals surface area contributed by atoms with Gasteiger partial charge in [-0.3, -0.25) is 9.78 Å². The van der Waals surface area contributed by atoms with E-state index in [4.69, 9.17) is 4.74 Å². The maximum absolute atomic E-state index is 12.4. The van der Waals surface area contributed by atoms with Crippen LogP contribution in [0, 0.1) is 0 Å². The Morgan fingerprint density at radius 2 is 2.00 bits per heavy atom. The van der Waals surface area contributed by atoms with Gasteiger partial charge in [0.1, 0.15) is 6.61 Å². The molecule has 21 heavy (non-hydrogen) atoms. The number of rotatable bonds is 7. The van der Waals surface area contributed by atoms with Crippen LogP contribution in [-0.4, -0.2) is 60.1 Å². The predicted molar refractivity (Wildman–Crippen MR) is 83.9 cm³/mol. The van der Waals surface area contributed by atoms with Gasteiger partial charge in [0.25, 0.3) is 0 Å². The lowest BCUT2D eigenvalue weighted by molar-refractivity contribution is -0.141. The van der Waals surface area contributed by atoms with E-state index in [9.17, 15) is 4.79 Å². The molecule has 0 N–H and O–H groups in total. The Hall–Kier alpha value is -1.46. The van der Waals surface area contributed by atoms with Crippen LogP contribution in [0.2, 0.25) is 0 Å². The summed E-state index contributed by atoms with van der Waals surface area (Å²) in [6.45, 7) is 8.02. The molecule has 0 aliphatic rings. The Kier molecular flexibility index (Phi) is 6.78. The maximum atomic E-state index is 12.4. The molecule has 5 nitrogen and oxygen atoms in total. The monoisotopic (exact) mass is 293 g/mol. The van der Waals surface area contributed by atoms with Crippen molar-refractivity contribution in [3.63, 3.8) is 0 Å². The van der Waals surface area contributed by atoms with Crippen molar-refractivity contribution >= 4 is 5.91 Å². The Bertz CT molecular complexity index is 427. The van der Waals surface area contributed by atoms with E-state index in [0.29, 0.717) is 13.1 Å². The van der Waals surface area contributed by atoms with Crippen LogP contribution in [-0.2, 0) is 16.1 Å². The molecule has 118 valence electrons. The SMILES string of the molecule is CN(C)CCN(Cc1cccnc1)C(=O)COC(C)(C)C. The molecule has 0 saturated heterocycles. The van der Waals surface area contributed by atoms with E-state index in [1.165, 1.54) is 0 Å². The molecular weight excluding hydrogens is 266 g/mol. The average molecular weight is 293 g/mol. The predicted octanol–water partition coefficient (Wildman–Crippen LogP) is 1.79. The number of likely N-dealkylation sites (N-methyl/N-ethyl adjacent to an activating group) is 1. The second-order valence-corrected chi connectivity index (χ2v) is 6.38. The second-order valence-electron chi connectivity index (χ2n) is 6.38. The first-order chi connectivity index (χ1) is 9.78. The van der Waals surface area contributed by atoms with Crippen molar-refractivity contribution in [2.24, 2.45) is 0 Å². The van der Waals surface area contributed by atoms with Crippen LogP contribution in [0.5, 0.6) is 0 Å². The summed E-state index contributed by atoms with van der Waals surface area (Å²) in [6, 6.07) is 3.86. The average Bonchev–Trinajstić information content (AvgIpc) is 2.41.